The number of ether oxygens (including phenoxy) is 1. The molecule has 4 rings (SSSR count). The molecule has 1 amide bonds. The third-order valence-electron chi connectivity index (χ3n) is 5.15. The van der Waals surface area contributed by atoms with Gasteiger partial charge in [0, 0.05) is 17.4 Å². The van der Waals surface area contributed by atoms with Crippen LogP contribution in [0.5, 0.6) is 5.75 Å². The van der Waals surface area contributed by atoms with E-state index in [1.807, 2.05) is 29.7 Å². The maximum atomic E-state index is 12.3. The van der Waals surface area contributed by atoms with Gasteiger partial charge in [-0.25, -0.2) is 0 Å². The fraction of sp³-hybridized carbons (Fsp3) is 0.348. The Morgan fingerprint density at radius 2 is 2.00 bits per heavy atom. The van der Waals surface area contributed by atoms with Gasteiger partial charge in [0.15, 0.2) is 11.0 Å². The first-order valence-corrected chi connectivity index (χ1v) is 11.1. The van der Waals surface area contributed by atoms with E-state index in [0.717, 1.165) is 46.6 Å². The van der Waals surface area contributed by atoms with Gasteiger partial charge in [-0.1, -0.05) is 41.6 Å². The molecule has 0 radical (unpaired) electrons. The predicted molar refractivity (Wildman–Crippen MR) is 118 cm³/mol. The largest absolute Gasteiger partial charge is 0.497 e. The SMILES string of the molecule is COc1cccc(CSc2nnc(C(C)NC(=O)C3CC3)n2-c2ccc(C)cc2)c1. The molecule has 30 heavy (non-hydrogen) atoms. The highest BCUT2D eigenvalue weighted by Gasteiger charge is 2.31. The average molecular weight is 423 g/mol. The Morgan fingerprint density at radius 1 is 1.23 bits per heavy atom. The number of carbonyl (C=O) groups excluding carboxylic acids is 1. The molecule has 0 bridgehead atoms. The number of aryl methyl sites for hydroxylation is 1. The number of thioether (sulfide) groups is 1. The van der Waals surface area contributed by atoms with Crippen molar-refractivity contribution >= 4 is 17.7 Å². The maximum absolute atomic E-state index is 12.3. The third kappa shape index (κ3) is 4.67. The summed E-state index contributed by atoms with van der Waals surface area (Å²) in [5, 5.41) is 12.8. The van der Waals surface area contributed by atoms with E-state index in [0.29, 0.717) is 0 Å². The van der Waals surface area contributed by atoms with Gasteiger partial charge in [0.25, 0.3) is 0 Å². The van der Waals surface area contributed by atoms with Gasteiger partial charge in [0.2, 0.25) is 5.91 Å². The highest BCUT2D eigenvalue weighted by Crippen LogP contribution is 2.31. The minimum Gasteiger partial charge on any atom is -0.497 e. The van der Waals surface area contributed by atoms with E-state index in [-0.39, 0.29) is 17.9 Å². The Morgan fingerprint density at radius 3 is 2.70 bits per heavy atom. The summed E-state index contributed by atoms with van der Waals surface area (Å²) in [6, 6.07) is 16.1. The molecule has 1 aliphatic carbocycles. The average Bonchev–Trinajstić information content (AvgIpc) is 3.53. The smallest absolute Gasteiger partial charge is 0.223 e. The number of aromatic nitrogens is 3. The second kappa shape index (κ2) is 8.92. The molecule has 1 atom stereocenters. The van der Waals surface area contributed by atoms with Crippen molar-refractivity contribution in [2.24, 2.45) is 5.92 Å². The number of methoxy groups -OCH3 is 1. The van der Waals surface area contributed by atoms with E-state index >= 15 is 0 Å². The van der Waals surface area contributed by atoms with E-state index in [2.05, 4.69) is 52.8 Å². The molecule has 3 aromatic rings. The van der Waals surface area contributed by atoms with Crippen LogP contribution in [-0.4, -0.2) is 27.8 Å². The fourth-order valence-corrected chi connectivity index (χ4v) is 4.15. The molecule has 0 aliphatic heterocycles. The molecule has 1 fully saturated rings. The van der Waals surface area contributed by atoms with E-state index in [9.17, 15) is 4.79 Å². The van der Waals surface area contributed by atoms with Crippen LogP contribution in [0, 0.1) is 12.8 Å². The number of hydrogen-bond donors (Lipinski definition) is 1. The van der Waals surface area contributed by atoms with Crippen LogP contribution < -0.4 is 10.1 Å². The van der Waals surface area contributed by atoms with Crippen LogP contribution in [-0.2, 0) is 10.5 Å². The third-order valence-corrected chi connectivity index (χ3v) is 6.15. The normalized spacial score (nSPS) is 14.4. The molecule has 6 nitrogen and oxygen atoms in total. The van der Waals surface area contributed by atoms with Crippen LogP contribution in [0.4, 0.5) is 0 Å². The van der Waals surface area contributed by atoms with Crippen molar-refractivity contribution in [2.75, 3.05) is 7.11 Å². The molecule has 0 spiro atoms. The van der Waals surface area contributed by atoms with Gasteiger partial charge in [0.05, 0.1) is 13.2 Å². The molecular formula is C23H26N4O2S. The zero-order valence-electron chi connectivity index (χ0n) is 17.5. The van der Waals surface area contributed by atoms with E-state index in [1.54, 1.807) is 18.9 Å². The highest BCUT2D eigenvalue weighted by atomic mass is 32.2. The van der Waals surface area contributed by atoms with Crippen molar-refractivity contribution in [3.63, 3.8) is 0 Å². The van der Waals surface area contributed by atoms with Gasteiger partial charge >= 0.3 is 0 Å². The van der Waals surface area contributed by atoms with Gasteiger partial charge in [-0.15, -0.1) is 10.2 Å². The molecule has 1 saturated carbocycles. The Bertz CT molecular complexity index is 1030. The first kappa shape index (κ1) is 20.5. The molecule has 156 valence electrons. The summed E-state index contributed by atoms with van der Waals surface area (Å²) in [6.45, 7) is 4.03. The highest BCUT2D eigenvalue weighted by molar-refractivity contribution is 7.98. The molecule has 7 heteroatoms. The standard InChI is InChI=1S/C23H26N4O2S/c1-15-7-11-19(12-8-15)27-21(16(2)24-22(28)18-9-10-18)25-26-23(27)30-14-17-5-4-6-20(13-17)29-3/h4-8,11-13,16,18H,9-10,14H2,1-3H3,(H,24,28). The van der Waals surface area contributed by atoms with Crippen LogP contribution in [0.15, 0.2) is 53.7 Å². The van der Waals surface area contributed by atoms with Gasteiger partial charge in [-0.2, -0.15) is 0 Å². The molecule has 1 unspecified atom stereocenters. The second-order valence-electron chi connectivity index (χ2n) is 7.66. The van der Waals surface area contributed by atoms with Crippen LogP contribution in [0.2, 0.25) is 0 Å². The quantitative estimate of drug-likeness (QED) is 0.543. The summed E-state index contributed by atoms with van der Waals surface area (Å²) < 4.78 is 7.37. The van der Waals surface area contributed by atoms with Crippen molar-refractivity contribution < 1.29 is 9.53 Å². The number of hydrogen-bond acceptors (Lipinski definition) is 5. The number of benzene rings is 2. The summed E-state index contributed by atoms with van der Waals surface area (Å²) in [7, 11) is 1.67. The van der Waals surface area contributed by atoms with Crippen molar-refractivity contribution in [1.82, 2.24) is 20.1 Å². The zero-order chi connectivity index (χ0) is 21.1. The lowest BCUT2D eigenvalue weighted by atomic mass is 10.2. The van der Waals surface area contributed by atoms with Crippen molar-refractivity contribution in [3.8, 4) is 11.4 Å². The van der Waals surface area contributed by atoms with Crippen molar-refractivity contribution in [1.29, 1.82) is 0 Å². The summed E-state index contributed by atoms with van der Waals surface area (Å²) in [6.07, 6.45) is 1.95. The first-order valence-electron chi connectivity index (χ1n) is 10.1. The van der Waals surface area contributed by atoms with Crippen LogP contribution in [0.1, 0.15) is 42.8 Å². The van der Waals surface area contributed by atoms with E-state index in [4.69, 9.17) is 4.74 Å². The van der Waals surface area contributed by atoms with Gasteiger partial charge in [0.1, 0.15) is 5.75 Å². The number of amides is 1. The molecule has 1 aliphatic rings. The van der Waals surface area contributed by atoms with E-state index in [1.165, 1.54) is 5.56 Å². The minimum atomic E-state index is -0.224. The Hall–Kier alpha value is -2.80. The Kier molecular flexibility index (Phi) is 6.08. The summed E-state index contributed by atoms with van der Waals surface area (Å²) in [4.78, 5) is 12.3. The summed E-state index contributed by atoms with van der Waals surface area (Å²) in [5.41, 5.74) is 3.32. The molecule has 2 aromatic carbocycles. The minimum absolute atomic E-state index is 0.103. The first-order chi connectivity index (χ1) is 14.5. The molecule has 1 aromatic heterocycles. The van der Waals surface area contributed by atoms with Gasteiger partial charge in [-0.3, -0.25) is 9.36 Å². The Balaban J connectivity index is 1.61. The molecule has 1 N–H and O–H groups in total. The Labute approximate surface area is 181 Å². The maximum Gasteiger partial charge on any atom is 0.223 e. The number of nitrogens with one attached hydrogen (secondary N) is 1. The van der Waals surface area contributed by atoms with Gasteiger partial charge in [-0.05, 0) is 56.5 Å². The molecular weight excluding hydrogens is 396 g/mol. The summed E-state index contributed by atoms with van der Waals surface area (Å²) >= 11 is 1.62. The zero-order valence-corrected chi connectivity index (χ0v) is 18.3. The van der Waals surface area contributed by atoms with E-state index < -0.39 is 0 Å². The summed E-state index contributed by atoms with van der Waals surface area (Å²) in [5.74, 6) is 2.58. The van der Waals surface area contributed by atoms with Crippen LogP contribution in [0.25, 0.3) is 5.69 Å². The molecule has 0 saturated heterocycles. The van der Waals surface area contributed by atoms with Crippen molar-refractivity contribution in [3.05, 3.63) is 65.5 Å². The number of nitrogens with zero attached hydrogens (tertiary/aromatic N) is 3. The van der Waals surface area contributed by atoms with Crippen LogP contribution in [0.3, 0.4) is 0 Å². The number of carbonyl (C=O) groups is 1. The lowest BCUT2D eigenvalue weighted by Crippen LogP contribution is -2.29. The van der Waals surface area contributed by atoms with Crippen molar-refractivity contribution in [2.45, 2.75) is 43.6 Å². The number of rotatable bonds is 8. The van der Waals surface area contributed by atoms with Gasteiger partial charge < -0.3 is 10.1 Å². The molecule has 1 heterocycles. The lowest BCUT2D eigenvalue weighted by Gasteiger charge is -2.16. The fourth-order valence-electron chi connectivity index (χ4n) is 3.24. The second-order valence-corrected chi connectivity index (χ2v) is 8.60. The predicted octanol–water partition coefficient (Wildman–Crippen LogP) is 4.46. The monoisotopic (exact) mass is 422 g/mol. The van der Waals surface area contributed by atoms with Crippen LogP contribution >= 0.6 is 11.8 Å². The topological polar surface area (TPSA) is 69.0 Å². The lowest BCUT2D eigenvalue weighted by molar-refractivity contribution is -0.123.